The van der Waals surface area contributed by atoms with Crippen LogP contribution in [0.15, 0.2) is 6.07 Å². The fourth-order valence-electron chi connectivity index (χ4n) is 1.96. The highest BCUT2D eigenvalue weighted by molar-refractivity contribution is 5.37. The smallest absolute Gasteiger partial charge is 0.219 e. The molecular weight excluding hydrogens is 252 g/mol. The van der Waals surface area contributed by atoms with Crippen molar-refractivity contribution in [3.05, 3.63) is 11.9 Å². The van der Waals surface area contributed by atoms with Gasteiger partial charge in [-0.3, -0.25) is 0 Å². The number of hydrazine groups is 1. The van der Waals surface area contributed by atoms with Crippen LogP contribution in [0.5, 0.6) is 5.88 Å². The maximum absolute atomic E-state index is 5.88. The molecule has 0 aliphatic heterocycles. The van der Waals surface area contributed by atoms with E-state index in [1.165, 1.54) is 25.7 Å². The van der Waals surface area contributed by atoms with E-state index in [2.05, 4.69) is 29.2 Å². The van der Waals surface area contributed by atoms with Gasteiger partial charge in [-0.1, -0.05) is 40.0 Å². The van der Waals surface area contributed by atoms with Crippen LogP contribution >= 0.6 is 0 Å². The van der Waals surface area contributed by atoms with Gasteiger partial charge in [-0.15, -0.1) is 0 Å². The average molecular weight is 280 g/mol. The number of rotatable bonds is 9. The quantitative estimate of drug-likeness (QED) is 0.410. The standard InChI is InChI=1S/C15H28N4O/c1-5-6-7-8-9-12(4)20-14-10-13(19-16)17-15(18-14)11(2)3/h10-12H,5-9,16H2,1-4H3,(H,17,18,19). The second-order valence-electron chi connectivity index (χ2n) is 5.53. The number of anilines is 1. The first-order valence-electron chi connectivity index (χ1n) is 7.59. The highest BCUT2D eigenvalue weighted by Gasteiger charge is 2.11. The van der Waals surface area contributed by atoms with Gasteiger partial charge in [-0.05, 0) is 19.8 Å². The summed E-state index contributed by atoms with van der Waals surface area (Å²) in [4.78, 5) is 8.75. The van der Waals surface area contributed by atoms with Gasteiger partial charge in [-0.2, -0.15) is 4.98 Å². The molecule has 1 atom stereocenters. The van der Waals surface area contributed by atoms with E-state index in [0.29, 0.717) is 11.7 Å². The number of nitrogens with two attached hydrogens (primary N) is 1. The predicted molar refractivity (Wildman–Crippen MR) is 82.8 cm³/mol. The van der Waals surface area contributed by atoms with Crippen LogP contribution in [0.2, 0.25) is 0 Å². The van der Waals surface area contributed by atoms with E-state index in [4.69, 9.17) is 10.6 Å². The first-order chi connectivity index (χ1) is 9.56. The third kappa shape index (κ3) is 5.74. The maximum Gasteiger partial charge on any atom is 0.219 e. The van der Waals surface area contributed by atoms with E-state index >= 15 is 0 Å². The molecule has 0 aromatic carbocycles. The molecule has 0 bridgehead atoms. The Morgan fingerprint density at radius 2 is 1.95 bits per heavy atom. The first kappa shape index (κ1) is 16.7. The van der Waals surface area contributed by atoms with Crippen molar-refractivity contribution in [1.29, 1.82) is 0 Å². The van der Waals surface area contributed by atoms with Gasteiger partial charge in [0.25, 0.3) is 0 Å². The van der Waals surface area contributed by atoms with Crippen LogP contribution in [0, 0.1) is 0 Å². The van der Waals surface area contributed by atoms with Crippen molar-refractivity contribution >= 4 is 5.82 Å². The molecule has 3 N–H and O–H groups in total. The van der Waals surface area contributed by atoms with Gasteiger partial charge in [-0.25, -0.2) is 10.8 Å². The summed E-state index contributed by atoms with van der Waals surface area (Å²) < 4.78 is 5.88. The first-order valence-corrected chi connectivity index (χ1v) is 7.59. The van der Waals surface area contributed by atoms with Crippen molar-refractivity contribution in [2.24, 2.45) is 5.84 Å². The normalized spacial score (nSPS) is 12.5. The van der Waals surface area contributed by atoms with Crippen LogP contribution in [0.1, 0.15) is 71.5 Å². The number of unbranched alkanes of at least 4 members (excludes halogenated alkanes) is 3. The van der Waals surface area contributed by atoms with Gasteiger partial charge in [0.15, 0.2) is 0 Å². The van der Waals surface area contributed by atoms with Gasteiger partial charge >= 0.3 is 0 Å². The molecule has 1 unspecified atom stereocenters. The Hall–Kier alpha value is -1.36. The topological polar surface area (TPSA) is 73.1 Å². The molecule has 5 heteroatoms. The monoisotopic (exact) mass is 280 g/mol. The zero-order valence-electron chi connectivity index (χ0n) is 13.1. The van der Waals surface area contributed by atoms with Crippen molar-refractivity contribution in [2.75, 3.05) is 5.43 Å². The Morgan fingerprint density at radius 3 is 2.55 bits per heavy atom. The van der Waals surface area contributed by atoms with Gasteiger partial charge in [0.05, 0.1) is 6.10 Å². The van der Waals surface area contributed by atoms with Crippen molar-refractivity contribution in [3.63, 3.8) is 0 Å². The number of nitrogens with zero attached hydrogens (tertiary/aromatic N) is 2. The van der Waals surface area contributed by atoms with E-state index in [1.807, 2.05) is 13.8 Å². The third-order valence-corrected chi connectivity index (χ3v) is 3.17. The van der Waals surface area contributed by atoms with Gasteiger partial charge in [0.2, 0.25) is 5.88 Å². The van der Waals surface area contributed by atoms with Crippen molar-refractivity contribution < 1.29 is 4.74 Å². The second kappa shape index (κ2) is 8.74. The summed E-state index contributed by atoms with van der Waals surface area (Å²) in [7, 11) is 0. The molecule has 1 heterocycles. The highest BCUT2D eigenvalue weighted by atomic mass is 16.5. The van der Waals surface area contributed by atoms with Gasteiger partial charge < -0.3 is 10.2 Å². The maximum atomic E-state index is 5.88. The SMILES string of the molecule is CCCCCCC(C)Oc1cc(NN)nc(C(C)C)n1. The molecule has 1 aromatic rings. The summed E-state index contributed by atoms with van der Waals surface area (Å²) in [6.45, 7) is 8.40. The fourth-order valence-corrected chi connectivity index (χ4v) is 1.96. The number of nitrogens with one attached hydrogen (secondary N) is 1. The van der Waals surface area contributed by atoms with E-state index in [-0.39, 0.29) is 12.0 Å². The average Bonchev–Trinajstić information content (AvgIpc) is 2.43. The molecule has 0 radical (unpaired) electrons. The van der Waals surface area contributed by atoms with Crippen molar-refractivity contribution in [2.45, 2.75) is 71.8 Å². The molecule has 0 spiro atoms. The second-order valence-corrected chi connectivity index (χ2v) is 5.53. The molecule has 0 saturated heterocycles. The summed E-state index contributed by atoms with van der Waals surface area (Å²) >= 11 is 0. The molecule has 0 aliphatic carbocycles. The lowest BCUT2D eigenvalue weighted by Crippen LogP contribution is -2.16. The Labute approximate surface area is 122 Å². The minimum Gasteiger partial charge on any atom is -0.475 e. The van der Waals surface area contributed by atoms with Crippen LogP contribution in [0.3, 0.4) is 0 Å². The predicted octanol–water partition coefficient (Wildman–Crippen LogP) is 3.62. The van der Waals surface area contributed by atoms with Crippen molar-refractivity contribution in [1.82, 2.24) is 9.97 Å². The van der Waals surface area contributed by atoms with Gasteiger partial charge in [0, 0.05) is 12.0 Å². The summed E-state index contributed by atoms with van der Waals surface area (Å²) in [5.74, 6) is 7.61. The summed E-state index contributed by atoms with van der Waals surface area (Å²) in [5.41, 5.74) is 2.56. The molecule has 5 nitrogen and oxygen atoms in total. The third-order valence-electron chi connectivity index (χ3n) is 3.17. The summed E-state index contributed by atoms with van der Waals surface area (Å²) in [6.07, 6.45) is 6.21. The number of hydrogen-bond donors (Lipinski definition) is 2. The number of hydrogen-bond acceptors (Lipinski definition) is 5. The zero-order valence-corrected chi connectivity index (χ0v) is 13.1. The van der Waals surface area contributed by atoms with Crippen LogP contribution in [0.4, 0.5) is 5.82 Å². The molecule has 114 valence electrons. The van der Waals surface area contributed by atoms with E-state index in [9.17, 15) is 0 Å². The number of ether oxygens (including phenoxy) is 1. The summed E-state index contributed by atoms with van der Waals surface area (Å²) in [5, 5.41) is 0. The lowest BCUT2D eigenvalue weighted by atomic mass is 10.1. The van der Waals surface area contributed by atoms with E-state index < -0.39 is 0 Å². The molecule has 1 aromatic heterocycles. The zero-order chi connectivity index (χ0) is 15.0. The summed E-state index contributed by atoms with van der Waals surface area (Å²) in [6, 6.07) is 1.74. The van der Waals surface area contributed by atoms with E-state index in [1.54, 1.807) is 6.07 Å². The Kier molecular flexibility index (Phi) is 7.30. The Morgan fingerprint density at radius 1 is 1.20 bits per heavy atom. The Balaban J connectivity index is 2.59. The molecule has 0 fully saturated rings. The number of nitrogen functional groups attached to an aromatic ring is 1. The molecule has 0 saturated carbocycles. The minimum atomic E-state index is 0.160. The van der Waals surface area contributed by atoms with E-state index in [0.717, 1.165) is 12.2 Å². The lowest BCUT2D eigenvalue weighted by molar-refractivity contribution is 0.197. The lowest BCUT2D eigenvalue weighted by Gasteiger charge is -2.16. The molecule has 20 heavy (non-hydrogen) atoms. The molecule has 1 rings (SSSR count). The molecule has 0 amide bonds. The van der Waals surface area contributed by atoms with Crippen LogP contribution in [-0.2, 0) is 0 Å². The van der Waals surface area contributed by atoms with Crippen LogP contribution < -0.4 is 16.0 Å². The minimum absolute atomic E-state index is 0.160. The number of aromatic nitrogens is 2. The van der Waals surface area contributed by atoms with Crippen molar-refractivity contribution in [3.8, 4) is 5.88 Å². The molecule has 0 aliphatic rings. The largest absolute Gasteiger partial charge is 0.475 e. The highest BCUT2D eigenvalue weighted by Crippen LogP contribution is 2.20. The Bertz CT molecular complexity index is 395. The fraction of sp³-hybridized carbons (Fsp3) is 0.733. The molecular formula is C15H28N4O. The van der Waals surface area contributed by atoms with Crippen LogP contribution in [0.25, 0.3) is 0 Å². The van der Waals surface area contributed by atoms with Gasteiger partial charge in [0.1, 0.15) is 11.6 Å². The van der Waals surface area contributed by atoms with Crippen LogP contribution in [-0.4, -0.2) is 16.1 Å².